The number of amides is 2. The summed E-state index contributed by atoms with van der Waals surface area (Å²) in [6.45, 7) is 6.35. The van der Waals surface area contributed by atoms with Crippen molar-refractivity contribution >= 4 is 6.03 Å². The van der Waals surface area contributed by atoms with Gasteiger partial charge in [0.05, 0.1) is 0 Å². The van der Waals surface area contributed by atoms with Gasteiger partial charge in [-0.3, -0.25) is 0 Å². The highest BCUT2D eigenvalue weighted by Crippen LogP contribution is 2.23. The molecule has 1 aliphatic carbocycles. The molecule has 0 saturated heterocycles. The van der Waals surface area contributed by atoms with Crippen LogP contribution in [0.4, 0.5) is 4.79 Å². The van der Waals surface area contributed by atoms with E-state index >= 15 is 0 Å². The van der Waals surface area contributed by atoms with Crippen molar-refractivity contribution in [1.82, 2.24) is 10.6 Å². The van der Waals surface area contributed by atoms with Crippen LogP contribution < -0.4 is 10.6 Å². The number of carbonyl (C=O) groups is 1. The van der Waals surface area contributed by atoms with Gasteiger partial charge in [-0.25, -0.2) is 4.79 Å². The number of rotatable bonds is 4. The van der Waals surface area contributed by atoms with E-state index in [1.165, 1.54) is 0 Å². The van der Waals surface area contributed by atoms with Gasteiger partial charge in [0.25, 0.3) is 0 Å². The van der Waals surface area contributed by atoms with Crippen molar-refractivity contribution in [3.05, 3.63) is 0 Å². The van der Waals surface area contributed by atoms with Gasteiger partial charge in [0.15, 0.2) is 0 Å². The molecule has 0 radical (unpaired) electrons. The van der Waals surface area contributed by atoms with Crippen LogP contribution in [-0.2, 0) is 0 Å². The fraction of sp³-hybridized carbons (Fsp3) is 0.923. The first-order valence-electron chi connectivity index (χ1n) is 6.72. The molecule has 1 fully saturated rings. The van der Waals surface area contributed by atoms with Crippen LogP contribution in [0.1, 0.15) is 46.5 Å². The highest BCUT2D eigenvalue weighted by molar-refractivity contribution is 5.74. The number of urea groups is 1. The van der Waals surface area contributed by atoms with E-state index in [2.05, 4.69) is 24.5 Å². The monoisotopic (exact) mass is 242 g/mol. The summed E-state index contributed by atoms with van der Waals surface area (Å²) >= 11 is 0. The van der Waals surface area contributed by atoms with Gasteiger partial charge >= 0.3 is 6.03 Å². The Hall–Kier alpha value is -0.770. The second-order valence-corrected chi connectivity index (χ2v) is 5.48. The quantitative estimate of drug-likeness (QED) is 0.705. The minimum atomic E-state index is -0.100. The zero-order valence-electron chi connectivity index (χ0n) is 11.2. The number of hydrogen-bond acceptors (Lipinski definition) is 2. The molecular weight excluding hydrogens is 216 g/mol. The number of hydrogen-bond donors (Lipinski definition) is 3. The van der Waals surface area contributed by atoms with Crippen molar-refractivity contribution in [2.75, 3.05) is 6.61 Å². The SMILES string of the molecule is CC(C)C(C)NC(=O)NC1CCCCC1CO. The van der Waals surface area contributed by atoms with E-state index < -0.39 is 0 Å². The Morgan fingerprint density at radius 3 is 2.53 bits per heavy atom. The molecule has 0 aromatic rings. The standard InChI is InChI=1S/C13H26N2O2/c1-9(2)10(3)14-13(17)15-12-7-5-4-6-11(12)8-16/h9-12,16H,4-8H2,1-3H3,(H2,14,15,17). The molecule has 1 rings (SSSR count). The first kappa shape index (κ1) is 14.3. The lowest BCUT2D eigenvalue weighted by atomic mass is 9.85. The van der Waals surface area contributed by atoms with Gasteiger partial charge in [-0.15, -0.1) is 0 Å². The van der Waals surface area contributed by atoms with Crippen LogP contribution in [-0.4, -0.2) is 29.8 Å². The lowest BCUT2D eigenvalue weighted by molar-refractivity contribution is 0.153. The van der Waals surface area contributed by atoms with Gasteiger partial charge in [0.2, 0.25) is 0 Å². The lowest BCUT2D eigenvalue weighted by Crippen LogP contribution is -2.50. The van der Waals surface area contributed by atoms with Gasteiger partial charge in [0.1, 0.15) is 0 Å². The molecule has 4 heteroatoms. The predicted octanol–water partition coefficient (Wildman–Crippen LogP) is 1.88. The van der Waals surface area contributed by atoms with E-state index in [0.29, 0.717) is 5.92 Å². The topological polar surface area (TPSA) is 61.4 Å². The minimum absolute atomic E-state index is 0.100. The van der Waals surface area contributed by atoms with Crippen LogP contribution in [0.2, 0.25) is 0 Å². The maximum absolute atomic E-state index is 11.8. The summed E-state index contributed by atoms with van der Waals surface area (Å²) in [6, 6.07) is 0.204. The molecule has 0 aliphatic heterocycles. The molecule has 0 aromatic heterocycles. The largest absolute Gasteiger partial charge is 0.396 e. The molecule has 1 aliphatic rings. The van der Waals surface area contributed by atoms with Crippen LogP contribution in [0.15, 0.2) is 0 Å². The maximum atomic E-state index is 11.8. The van der Waals surface area contributed by atoms with E-state index in [1.54, 1.807) is 0 Å². The molecule has 1 saturated carbocycles. The zero-order chi connectivity index (χ0) is 12.8. The van der Waals surface area contributed by atoms with Crippen molar-refractivity contribution in [3.63, 3.8) is 0 Å². The smallest absolute Gasteiger partial charge is 0.315 e. The van der Waals surface area contributed by atoms with Gasteiger partial charge in [-0.2, -0.15) is 0 Å². The van der Waals surface area contributed by atoms with Crippen molar-refractivity contribution in [2.24, 2.45) is 11.8 Å². The van der Waals surface area contributed by atoms with Crippen LogP contribution in [0, 0.1) is 11.8 Å². The zero-order valence-corrected chi connectivity index (χ0v) is 11.2. The molecule has 0 spiro atoms. The second kappa shape index (κ2) is 6.84. The first-order chi connectivity index (χ1) is 8.04. The van der Waals surface area contributed by atoms with E-state index in [-0.39, 0.29) is 30.6 Å². The fourth-order valence-corrected chi connectivity index (χ4v) is 2.20. The molecule has 0 bridgehead atoms. The third kappa shape index (κ3) is 4.54. The third-order valence-corrected chi connectivity index (χ3v) is 3.82. The maximum Gasteiger partial charge on any atom is 0.315 e. The summed E-state index contributed by atoms with van der Waals surface area (Å²) in [5.41, 5.74) is 0. The van der Waals surface area contributed by atoms with Crippen LogP contribution in [0.25, 0.3) is 0 Å². The molecule has 2 amide bonds. The molecular formula is C13H26N2O2. The normalized spacial score (nSPS) is 26.6. The number of nitrogens with one attached hydrogen (secondary N) is 2. The highest BCUT2D eigenvalue weighted by atomic mass is 16.3. The van der Waals surface area contributed by atoms with Crippen molar-refractivity contribution < 1.29 is 9.90 Å². The summed E-state index contributed by atoms with van der Waals surface area (Å²) in [4.78, 5) is 11.8. The summed E-state index contributed by atoms with van der Waals surface area (Å²) < 4.78 is 0. The summed E-state index contributed by atoms with van der Waals surface area (Å²) in [7, 11) is 0. The predicted molar refractivity (Wildman–Crippen MR) is 68.8 cm³/mol. The van der Waals surface area contributed by atoms with Crippen LogP contribution >= 0.6 is 0 Å². The summed E-state index contributed by atoms with van der Waals surface area (Å²) in [5, 5.41) is 15.2. The molecule has 100 valence electrons. The van der Waals surface area contributed by atoms with Gasteiger partial charge in [0, 0.05) is 24.6 Å². The molecule has 17 heavy (non-hydrogen) atoms. The van der Waals surface area contributed by atoms with Crippen molar-refractivity contribution in [1.29, 1.82) is 0 Å². The van der Waals surface area contributed by atoms with Crippen molar-refractivity contribution in [3.8, 4) is 0 Å². The molecule has 0 aromatic carbocycles. The fourth-order valence-electron chi connectivity index (χ4n) is 2.20. The van der Waals surface area contributed by atoms with Crippen LogP contribution in [0.3, 0.4) is 0 Å². The minimum Gasteiger partial charge on any atom is -0.396 e. The summed E-state index contributed by atoms with van der Waals surface area (Å²) in [5.74, 6) is 0.657. The van der Waals surface area contributed by atoms with E-state index in [9.17, 15) is 9.90 Å². The Morgan fingerprint density at radius 1 is 1.29 bits per heavy atom. The Bertz CT molecular complexity index is 244. The lowest BCUT2D eigenvalue weighted by Gasteiger charge is -2.31. The molecule has 3 atom stereocenters. The number of carbonyl (C=O) groups excluding carboxylic acids is 1. The Kier molecular flexibility index (Phi) is 5.75. The molecule has 3 unspecified atom stereocenters. The highest BCUT2D eigenvalue weighted by Gasteiger charge is 2.26. The third-order valence-electron chi connectivity index (χ3n) is 3.82. The second-order valence-electron chi connectivity index (χ2n) is 5.48. The Morgan fingerprint density at radius 2 is 1.94 bits per heavy atom. The molecule has 3 N–H and O–H groups in total. The van der Waals surface area contributed by atoms with Gasteiger partial charge in [-0.05, 0) is 25.7 Å². The Balaban J connectivity index is 2.38. The average Bonchev–Trinajstić information content (AvgIpc) is 2.29. The average molecular weight is 242 g/mol. The van der Waals surface area contributed by atoms with Crippen LogP contribution in [0.5, 0.6) is 0 Å². The number of aliphatic hydroxyl groups excluding tert-OH is 1. The van der Waals surface area contributed by atoms with Gasteiger partial charge in [-0.1, -0.05) is 26.7 Å². The summed E-state index contributed by atoms with van der Waals surface area (Å²) in [6.07, 6.45) is 4.30. The van der Waals surface area contributed by atoms with E-state index in [4.69, 9.17) is 0 Å². The van der Waals surface area contributed by atoms with Gasteiger partial charge < -0.3 is 15.7 Å². The Labute approximate surface area is 104 Å². The molecule has 4 nitrogen and oxygen atoms in total. The van der Waals surface area contributed by atoms with E-state index in [0.717, 1.165) is 25.7 Å². The number of aliphatic hydroxyl groups is 1. The molecule has 0 heterocycles. The first-order valence-corrected chi connectivity index (χ1v) is 6.72. The van der Waals surface area contributed by atoms with Crippen molar-refractivity contribution in [2.45, 2.75) is 58.5 Å². The van der Waals surface area contributed by atoms with E-state index in [1.807, 2.05) is 6.92 Å².